The van der Waals surface area contributed by atoms with Crippen LogP contribution in [0.25, 0.3) is 11.1 Å². The number of primary amides is 1. The van der Waals surface area contributed by atoms with E-state index in [0.29, 0.717) is 17.9 Å². The van der Waals surface area contributed by atoms with E-state index in [1.165, 1.54) is 19.3 Å². The molecule has 1 amide bonds. The van der Waals surface area contributed by atoms with E-state index < -0.39 is 12.0 Å². The van der Waals surface area contributed by atoms with Gasteiger partial charge in [0.2, 0.25) is 5.91 Å². The summed E-state index contributed by atoms with van der Waals surface area (Å²) in [6.45, 7) is 2.92. The molecule has 0 saturated carbocycles. The maximum atomic E-state index is 11.7. The van der Waals surface area contributed by atoms with Crippen LogP contribution in [0.15, 0.2) is 48.5 Å². The van der Waals surface area contributed by atoms with Crippen molar-refractivity contribution in [2.75, 3.05) is 26.2 Å². The molecule has 1 fully saturated rings. The highest BCUT2D eigenvalue weighted by atomic mass is 16.5. The third-order valence-corrected chi connectivity index (χ3v) is 4.72. The van der Waals surface area contributed by atoms with Crippen LogP contribution in [-0.2, 0) is 0 Å². The fourth-order valence-corrected chi connectivity index (χ4v) is 3.43. The number of nitrogens with zero attached hydrogens (tertiary/aromatic N) is 1. The molecular formula is C21H26N2O3. The molecule has 26 heavy (non-hydrogen) atoms. The molecular weight excluding hydrogens is 328 g/mol. The molecule has 138 valence electrons. The normalized spacial score (nSPS) is 16.2. The van der Waals surface area contributed by atoms with Gasteiger partial charge in [-0.15, -0.1) is 0 Å². The van der Waals surface area contributed by atoms with Crippen LogP contribution < -0.4 is 10.5 Å². The van der Waals surface area contributed by atoms with Gasteiger partial charge in [-0.1, -0.05) is 42.8 Å². The minimum atomic E-state index is -0.549. The summed E-state index contributed by atoms with van der Waals surface area (Å²) in [5.74, 6) is 0.166. The highest BCUT2D eigenvalue weighted by molar-refractivity contribution is 6.00. The summed E-state index contributed by atoms with van der Waals surface area (Å²) in [6, 6.07) is 14.7. The number of carbonyl (C=O) groups is 1. The molecule has 5 nitrogen and oxygen atoms in total. The van der Waals surface area contributed by atoms with Gasteiger partial charge in [0, 0.05) is 17.7 Å². The molecule has 1 aliphatic heterocycles. The number of para-hydroxylation sites is 1. The second-order valence-corrected chi connectivity index (χ2v) is 6.73. The number of hydrogen-bond acceptors (Lipinski definition) is 4. The zero-order chi connectivity index (χ0) is 18.4. The number of amides is 1. The van der Waals surface area contributed by atoms with E-state index in [9.17, 15) is 9.90 Å². The number of hydrogen-bond donors (Lipinski definition) is 2. The zero-order valence-corrected chi connectivity index (χ0v) is 14.9. The summed E-state index contributed by atoms with van der Waals surface area (Å²) >= 11 is 0. The highest BCUT2D eigenvalue weighted by Crippen LogP contribution is 2.32. The van der Waals surface area contributed by atoms with Gasteiger partial charge in [-0.2, -0.15) is 0 Å². The van der Waals surface area contributed by atoms with E-state index >= 15 is 0 Å². The fraction of sp³-hybridized carbons (Fsp3) is 0.381. The predicted octanol–water partition coefficient (Wildman–Crippen LogP) is 2.68. The highest BCUT2D eigenvalue weighted by Gasteiger charge is 2.17. The molecule has 0 spiro atoms. The van der Waals surface area contributed by atoms with Crippen molar-refractivity contribution in [3.05, 3.63) is 54.1 Å². The van der Waals surface area contributed by atoms with Crippen molar-refractivity contribution in [1.82, 2.24) is 4.90 Å². The molecule has 3 N–H and O–H groups in total. The molecule has 0 aliphatic carbocycles. The Kier molecular flexibility index (Phi) is 6.26. The lowest BCUT2D eigenvalue weighted by molar-refractivity contribution is 0.0619. The maximum absolute atomic E-state index is 11.7. The number of β-amino-alcohol motifs (C(OH)–C–C–N with tert-alkyl or cyclic N) is 1. The summed E-state index contributed by atoms with van der Waals surface area (Å²) in [5, 5.41) is 10.3. The summed E-state index contributed by atoms with van der Waals surface area (Å²) in [4.78, 5) is 14.0. The molecule has 1 heterocycles. The van der Waals surface area contributed by atoms with Crippen LogP contribution in [0.5, 0.6) is 5.75 Å². The number of carbonyl (C=O) groups excluding carboxylic acids is 1. The Bertz CT molecular complexity index is 742. The summed E-state index contributed by atoms with van der Waals surface area (Å²) in [6.07, 6.45) is 3.11. The lowest BCUT2D eigenvalue weighted by atomic mass is 9.98. The van der Waals surface area contributed by atoms with E-state index in [1.807, 2.05) is 36.4 Å². The number of piperidine rings is 1. The van der Waals surface area contributed by atoms with Crippen LogP contribution in [0.2, 0.25) is 0 Å². The summed E-state index contributed by atoms with van der Waals surface area (Å²) < 4.78 is 5.90. The molecule has 1 atom stereocenters. The number of likely N-dealkylation sites (tertiary alicyclic amines) is 1. The molecule has 1 aliphatic rings. The van der Waals surface area contributed by atoms with Crippen molar-refractivity contribution in [2.24, 2.45) is 5.73 Å². The largest absolute Gasteiger partial charge is 0.490 e. The lowest BCUT2D eigenvalue weighted by Crippen LogP contribution is -2.38. The van der Waals surface area contributed by atoms with Gasteiger partial charge in [-0.25, -0.2) is 0 Å². The van der Waals surface area contributed by atoms with Gasteiger partial charge in [0.1, 0.15) is 18.5 Å². The average molecular weight is 354 g/mol. The first kappa shape index (κ1) is 18.4. The first-order valence-electron chi connectivity index (χ1n) is 9.16. The van der Waals surface area contributed by atoms with Gasteiger partial charge in [0.05, 0.1) is 0 Å². The summed E-state index contributed by atoms with van der Waals surface area (Å²) in [7, 11) is 0. The monoisotopic (exact) mass is 354 g/mol. The van der Waals surface area contributed by atoms with Crippen LogP contribution in [0, 0.1) is 0 Å². The quantitative estimate of drug-likeness (QED) is 0.801. The van der Waals surface area contributed by atoms with E-state index in [-0.39, 0.29) is 6.61 Å². The predicted molar refractivity (Wildman–Crippen MR) is 102 cm³/mol. The second kappa shape index (κ2) is 8.83. The standard InChI is InChI=1S/C21H26N2O3/c22-21(25)19-10-3-2-8-17(19)18-9-4-5-11-20(18)26-15-16(24)14-23-12-6-1-7-13-23/h2-5,8-11,16,24H,1,6-7,12-15H2,(H2,22,25)/t16-/m0/s1. The van der Waals surface area contributed by atoms with Gasteiger partial charge < -0.3 is 20.5 Å². The first-order valence-corrected chi connectivity index (χ1v) is 9.16. The molecule has 1 saturated heterocycles. The van der Waals surface area contributed by atoms with Crippen molar-refractivity contribution in [2.45, 2.75) is 25.4 Å². The number of ether oxygens (including phenoxy) is 1. The zero-order valence-electron chi connectivity index (χ0n) is 14.9. The maximum Gasteiger partial charge on any atom is 0.249 e. The minimum Gasteiger partial charge on any atom is -0.490 e. The van der Waals surface area contributed by atoms with Crippen molar-refractivity contribution in [1.29, 1.82) is 0 Å². The van der Waals surface area contributed by atoms with Crippen molar-refractivity contribution in [3.63, 3.8) is 0 Å². The molecule has 0 unspecified atom stereocenters. The Morgan fingerprint density at radius 1 is 1.04 bits per heavy atom. The summed E-state index contributed by atoms with van der Waals surface area (Å²) in [5.41, 5.74) is 7.49. The van der Waals surface area contributed by atoms with Gasteiger partial charge in [-0.05, 0) is 43.6 Å². The molecule has 2 aromatic carbocycles. The molecule has 2 aromatic rings. The third-order valence-electron chi connectivity index (χ3n) is 4.72. The Labute approximate surface area is 154 Å². The minimum absolute atomic E-state index is 0.215. The number of aliphatic hydroxyl groups excluding tert-OH is 1. The number of rotatable bonds is 7. The topological polar surface area (TPSA) is 75.8 Å². The average Bonchev–Trinajstić information content (AvgIpc) is 2.67. The number of aliphatic hydroxyl groups is 1. The number of nitrogens with two attached hydrogens (primary N) is 1. The molecule has 0 aromatic heterocycles. The Morgan fingerprint density at radius 2 is 1.69 bits per heavy atom. The van der Waals surface area contributed by atoms with Crippen LogP contribution >= 0.6 is 0 Å². The first-order chi connectivity index (χ1) is 12.6. The van der Waals surface area contributed by atoms with Gasteiger partial charge >= 0.3 is 0 Å². The SMILES string of the molecule is NC(=O)c1ccccc1-c1ccccc1OC[C@@H](O)CN1CCCCC1. The Hall–Kier alpha value is -2.37. The molecule has 3 rings (SSSR count). The van der Waals surface area contributed by atoms with E-state index in [0.717, 1.165) is 24.2 Å². The van der Waals surface area contributed by atoms with Crippen LogP contribution in [0.4, 0.5) is 0 Å². The molecule has 0 bridgehead atoms. The van der Waals surface area contributed by atoms with Crippen LogP contribution in [-0.4, -0.2) is 48.3 Å². The van der Waals surface area contributed by atoms with Gasteiger partial charge in [0.25, 0.3) is 0 Å². The molecule has 0 radical (unpaired) electrons. The second-order valence-electron chi connectivity index (χ2n) is 6.73. The lowest BCUT2D eigenvalue weighted by Gasteiger charge is -2.28. The number of benzene rings is 2. The van der Waals surface area contributed by atoms with Gasteiger partial charge in [0.15, 0.2) is 0 Å². The fourth-order valence-electron chi connectivity index (χ4n) is 3.43. The Balaban J connectivity index is 1.71. The molecule has 5 heteroatoms. The van der Waals surface area contributed by atoms with E-state index in [1.54, 1.807) is 12.1 Å². The third kappa shape index (κ3) is 4.62. The van der Waals surface area contributed by atoms with Crippen molar-refractivity contribution >= 4 is 5.91 Å². The van der Waals surface area contributed by atoms with E-state index in [2.05, 4.69) is 4.90 Å². The smallest absolute Gasteiger partial charge is 0.249 e. The van der Waals surface area contributed by atoms with E-state index in [4.69, 9.17) is 10.5 Å². The van der Waals surface area contributed by atoms with Crippen LogP contribution in [0.1, 0.15) is 29.6 Å². The Morgan fingerprint density at radius 3 is 2.42 bits per heavy atom. The van der Waals surface area contributed by atoms with Crippen molar-refractivity contribution < 1.29 is 14.6 Å². The van der Waals surface area contributed by atoms with Crippen molar-refractivity contribution in [3.8, 4) is 16.9 Å². The van der Waals surface area contributed by atoms with Gasteiger partial charge in [-0.3, -0.25) is 4.79 Å². The van der Waals surface area contributed by atoms with Crippen LogP contribution in [0.3, 0.4) is 0 Å².